The molecule has 1 aromatic carbocycles. The van der Waals surface area contributed by atoms with Crippen LogP contribution in [0.25, 0.3) is 0 Å². The summed E-state index contributed by atoms with van der Waals surface area (Å²) in [6, 6.07) is 5.77. The number of hydrogen-bond donors (Lipinski definition) is 1. The van der Waals surface area contributed by atoms with Gasteiger partial charge >= 0.3 is 0 Å². The van der Waals surface area contributed by atoms with Gasteiger partial charge in [-0.3, -0.25) is 9.79 Å². The number of aliphatic imine (C=N–C) groups is 1. The smallest absolute Gasteiger partial charge is 0.272 e. The maximum absolute atomic E-state index is 12.7. The minimum atomic E-state index is -3.51. The summed E-state index contributed by atoms with van der Waals surface area (Å²) in [7, 11) is 1.42. The summed E-state index contributed by atoms with van der Waals surface area (Å²) < 4.78 is 85.9. The van der Waals surface area contributed by atoms with E-state index in [0.717, 1.165) is 0 Å². The second-order valence-electron chi connectivity index (χ2n) is 4.00. The van der Waals surface area contributed by atoms with Crippen molar-refractivity contribution >= 4 is 11.6 Å². The van der Waals surface area contributed by atoms with Gasteiger partial charge in [0, 0.05) is 17.9 Å². The lowest BCUT2D eigenvalue weighted by Gasteiger charge is -2.30. The standard InChI is InChI=1S/C15H18N2O2/c1-19-12-7-5-11(6-8-12)13-14(18)17-15(16-13)9-3-2-4-10-15/h5-8H,2-4,9-10H2,1H3,(H,17,18)/i2D2,3D2,4D2,9D,10D2/hD. The van der Waals surface area contributed by atoms with Gasteiger partial charge in [-0.1, -0.05) is 6.37 Å². The fraction of sp³-hybridized carbons (Fsp3) is 0.467. The molecule has 100 valence electrons. The average molecular weight is 268 g/mol. The number of ether oxygens (including phenoxy) is 1. The summed E-state index contributed by atoms with van der Waals surface area (Å²) >= 11 is 0. The molecular weight excluding hydrogens is 240 g/mol. The molecule has 0 bridgehead atoms. The second-order valence-corrected chi connectivity index (χ2v) is 4.00. The molecule has 1 fully saturated rings. The first kappa shape index (κ1) is 5.27. The van der Waals surface area contributed by atoms with E-state index in [1.165, 1.54) is 31.4 Å². The summed E-state index contributed by atoms with van der Waals surface area (Å²) in [5, 5.41) is -0.0326. The molecule has 1 heterocycles. The number of carbonyl (C=O) groups is 1. The van der Waals surface area contributed by atoms with Crippen molar-refractivity contribution in [3.05, 3.63) is 29.8 Å². The largest absolute Gasteiger partial charge is 0.497 e. The van der Waals surface area contributed by atoms with Gasteiger partial charge in [-0.15, -0.1) is 0 Å². The van der Waals surface area contributed by atoms with E-state index < -0.39 is 49.2 Å². The SMILES string of the molecule is [2H]C1C([2H])([2H])C([2H])([2H])C([2H])([2H])C([2H])([2H])C12N=C(c1ccc(OC)cc1)C(=O)N2[2H]. The zero-order valence-electron chi connectivity index (χ0n) is 20.1. The van der Waals surface area contributed by atoms with Gasteiger partial charge in [0.2, 0.25) is 0 Å². The molecule has 2 atom stereocenters. The zero-order valence-corrected chi connectivity index (χ0v) is 10.1. The van der Waals surface area contributed by atoms with Crippen LogP contribution in [0.5, 0.6) is 5.75 Å². The molecule has 0 aromatic heterocycles. The second kappa shape index (κ2) is 4.68. The molecule has 1 N–H and O–H groups in total. The van der Waals surface area contributed by atoms with Gasteiger partial charge in [0.15, 0.2) is 1.41 Å². The summed E-state index contributed by atoms with van der Waals surface area (Å²) in [6.07, 6.45) is -16.0. The van der Waals surface area contributed by atoms with E-state index in [0.29, 0.717) is 5.75 Å². The van der Waals surface area contributed by atoms with Crippen LogP contribution in [0, 0.1) is 0 Å². The molecule has 2 unspecified atom stereocenters. The van der Waals surface area contributed by atoms with Crippen LogP contribution < -0.4 is 10.0 Å². The summed E-state index contributed by atoms with van der Waals surface area (Å²) in [5.41, 5.74) is -3.24. The van der Waals surface area contributed by atoms with Crippen molar-refractivity contribution in [2.45, 2.75) is 37.6 Å². The van der Waals surface area contributed by atoms with Crippen LogP contribution in [0.2, 0.25) is 1.41 Å². The molecule has 4 nitrogen and oxygen atoms in total. The Labute approximate surface area is 127 Å². The van der Waals surface area contributed by atoms with E-state index in [9.17, 15) is 4.79 Å². The van der Waals surface area contributed by atoms with Crippen LogP contribution in [0.3, 0.4) is 0 Å². The van der Waals surface area contributed by atoms with Crippen molar-refractivity contribution in [3.8, 4) is 5.75 Å². The maximum Gasteiger partial charge on any atom is 0.272 e. The number of benzene rings is 1. The summed E-state index contributed by atoms with van der Waals surface area (Å²) in [6.45, 7) is 0. The van der Waals surface area contributed by atoms with Crippen LogP contribution in [-0.2, 0) is 4.79 Å². The first-order valence-corrected chi connectivity index (χ1v) is 5.61. The molecule has 19 heavy (non-hydrogen) atoms. The normalized spacial score (nSPS) is 48.9. The van der Waals surface area contributed by atoms with E-state index in [4.69, 9.17) is 18.5 Å². The number of hydrogen-bond acceptors (Lipinski definition) is 3. The average Bonchev–Trinajstić information content (AvgIpc) is 2.92. The van der Waals surface area contributed by atoms with Gasteiger partial charge in [-0.05, 0) is 49.8 Å². The van der Waals surface area contributed by atoms with Crippen molar-refractivity contribution in [1.29, 1.82) is 0 Å². The highest BCUT2D eigenvalue weighted by Gasteiger charge is 2.40. The van der Waals surface area contributed by atoms with E-state index >= 15 is 0 Å². The molecule has 0 saturated heterocycles. The highest BCUT2D eigenvalue weighted by molar-refractivity contribution is 6.46. The third-order valence-corrected chi connectivity index (χ3v) is 2.77. The fourth-order valence-corrected chi connectivity index (χ4v) is 1.84. The molecule has 4 heteroatoms. The molecule has 1 amide bonds. The molecule has 1 aromatic rings. The first-order chi connectivity index (χ1) is 13.1. The number of amides is 1. The van der Waals surface area contributed by atoms with Crippen LogP contribution in [0.4, 0.5) is 0 Å². The zero-order chi connectivity index (χ0) is 22.2. The van der Waals surface area contributed by atoms with E-state index in [1.807, 2.05) is 0 Å². The molecule has 1 spiro atoms. The van der Waals surface area contributed by atoms with Crippen molar-refractivity contribution in [2.75, 3.05) is 7.11 Å². The predicted octanol–water partition coefficient (Wildman–Crippen LogP) is 2.27. The van der Waals surface area contributed by atoms with Gasteiger partial charge in [0.25, 0.3) is 5.91 Å². The van der Waals surface area contributed by atoms with Gasteiger partial charge in [0.05, 0.1) is 7.11 Å². The topological polar surface area (TPSA) is 50.7 Å². The maximum atomic E-state index is 12.7. The van der Waals surface area contributed by atoms with Crippen LogP contribution in [-0.4, -0.2) is 24.4 Å². The Morgan fingerprint density at radius 1 is 1.37 bits per heavy atom. The lowest BCUT2D eigenvalue weighted by molar-refractivity contribution is -0.115. The predicted molar refractivity (Wildman–Crippen MR) is 73.5 cm³/mol. The van der Waals surface area contributed by atoms with Crippen molar-refractivity contribution < 1.29 is 23.3 Å². The van der Waals surface area contributed by atoms with Crippen molar-refractivity contribution in [1.82, 2.24) is 5.31 Å². The molecule has 0 radical (unpaired) electrons. The van der Waals surface area contributed by atoms with Crippen LogP contribution in [0.15, 0.2) is 29.3 Å². The Kier molecular flexibility index (Phi) is 1.30. The molecular formula is C15H18N2O2. The number of nitrogens with zero attached hydrogens (tertiary/aromatic N) is 1. The quantitative estimate of drug-likeness (QED) is 0.894. The number of rotatable bonds is 2. The van der Waals surface area contributed by atoms with Crippen molar-refractivity contribution in [2.24, 2.45) is 4.99 Å². The third kappa shape index (κ3) is 2.23. The molecule has 1 aliphatic heterocycles. The Bertz CT molecular complexity index is 886. The minimum Gasteiger partial charge on any atom is -0.497 e. The van der Waals surface area contributed by atoms with E-state index in [2.05, 4.69) is 4.99 Å². The lowest BCUT2D eigenvalue weighted by atomic mass is 9.90. The fourth-order valence-electron chi connectivity index (χ4n) is 1.84. The minimum absolute atomic E-state index is 0.0326. The molecule has 3 rings (SSSR count). The molecule has 2 aliphatic rings. The Morgan fingerprint density at radius 3 is 2.89 bits per heavy atom. The van der Waals surface area contributed by atoms with Gasteiger partial charge in [0.1, 0.15) is 17.1 Å². The van der Waals surface area contributed by atoms with Crippen LogP contribution in [0.1, 0.15) is 49.8 Å². The van der Waals surface area contributed by atoms with Crippen LogP contribution >= 0.6 is 0 Å². The van der Waals surface area contributed by atoms with Gasteiger partial charge in [-0.25, -0.2) is 0 Å². The summed E-state index contributed by atoms with van der Waals surface area (Å²) in [5.74, 6) is -0.699. The van der Waals surface area contributed by atoms with E-state index in [1.54, 1.807) is 0 Å². The first-order valence-electron chi connectivity index (χ1n) is 10.6. The molecule has 1 aliphatic carbocycles. The number of carbonyl (C=O) groups excluding carboxylic acids is 1. The highest BCUT2D eigenvalue weighted by Crippen LogP contribution is 2.33. The monoisotopic (exact) mass is 268 g/mol. The Hall–Kier alpha value is -1.84. The highest BCUT2D eigenvalue weighted by atomic mass is 16.5. The summed E-state index contributed by atoms with van der Waals surface area (Å²) in [4.78, 5) is 16.7. The third-order valence-electron chi connectivity index (χ3n) is 2.77. The van der Waals surface area contributed by atoms with E-state index in [-0.39, 0.29) is 10.9 Å². The lowest BCUT2D eigenvalue weighted by Crippen LogP contribution is -2.43. The van der Waals surface area contributed by atoms with Gasteiger partial charge < -0.3 is 10.0 Å². The van der Waals surface area contributed by atoms with Gasteiger partial charge in [-0.2, -0.15) is 0 Å². The number of methoxy groups -OCH3 is 1. The molecule has 1 saturated carbocycles. The van der Waals surface area contributed by atoms with Crippen molar-refractivity contribution in [3.63, 3.8) is 0 Å². The number of nitrogens with one attached hydrogen (secondary N) is 1. The Balaban J connectivity index is 2.28. The Morgan fingerprint density at radius 2 is 2.16 bits per heavy atom.